The van der Waals surface area contributed by atoms with Gasteiger partial charge in [0.1, 0.15) is 0 Å². The molecule has 2 fully saturated rings. The Labute approximate surface area is 190 Å². The average Bonchev–Trinajstić information content (AvgIpc) is 3.27. The van der Waals surface area contributed by atoms with Crippen LogP contribution in [0.15, 0.2) is 22.7 Å². The van der Waals surface area contributed by atoms with Crippen LogP contribution < -0.4 is 0 Å². The molecule has 172 valence electrons. The molecule has 0 aliphatic carbocycles. The summed E-state index contributed by atoms with van der Waals surface area (Å²) in [7, 11) is 0. The molecule has 0 spiro atoms. The minimum atomic E-state index is -0.157. The molecule has 2 aliphatic rings. The standard InChI is InChI=1S/C25H34N4O3/c1-5-27-9-11-28(12-10-27)24(30)20-7-6-8-29(16-20)25(31)21-15-22(32-26-21)23-18(3)13-17(2)14-19(23)4/h13-15,20H,5-12,16H2,1-4H3. The van der Waals surface area contributed by atoms with Gasteiger partial charge >= 0.3 is 0 Å². The molecule has 32 heavy (non-hydrogen) atoms. The van der Waals surface area contributed by atoms with Gasteiger partial charge in [0.25, 0.3) is 5.91 Å². The molecule has 1 unspecified atom stereocenters. The maximum absolute atomic E-state index is 13.2. The molecule has 2 aromatic rings. The molecule has 7 heteroatoms. The van der Waals surface area contributed by atoms with Gasteiger partial charge in [-0.15, -0.1) is 0 Å². The van der Waals surface area contributed by atoms with Crippen molar-refractivity contribution in [3.8, 4) is 11.3 Å². The van der Waals surface area contributed by atoms with Crippen molar-refractivity contribution in [1.82, 2.24) is 19.9 Å². The second-order valence-corrected chi connectivity index (χ2v) is 9.20. The molecular formula is C25H34N4O3. The zero-order valence-corrected chi connectivity index (χ0v) is 19.7. The SMILES string of the molecule is CCN1CCN(C(=O)C2CCCN(C(=O)c3cc(-c4c(C)cc(C)cc4C)on3)C2)CC1. The first kappa shape index (κ1) is 22.5. The van der Waals surface area contributed by atoms with E-state index in [0.29, 0.717) is 24.5 Å². The number of likely N-dealkylation sites (tertiary alicyclic amines) is 1. The van der Waals surface area contributed by atoms with Crippen molar-refractivity contribution in [1.29, 1.82) is 0 Å². The third-order valence-corrected chi connectivity index (χ3v) is 6.84. The van der Waals surface area contributed by atoms with E-state index >= 15 is 0 Å². The predicted molar refractivity (Wildman–Crippen MR) is 123 cm³/mol. The van der Waals surface area contributed by atoms with E-state index < -0.39 is 0 Å². The first-order valence-corrected chi connectivity index (χ1v) is 11.7. The normalized spacial score (nSPS) is 19.9. The minimum absolute atomic E-state index is 0.131. The Bertz CT molecular complexity index is 968. The second kappa shape index (κ2) is 9.45. The lowest BCUT2D eigenvalue weighted by Gasteiger charge is -2.38. The lowest BCUT2D eigenvalue weighted by Crippen LogP contribution is -2.53. The predicted octanol–water partition coefficient (Wildman–Crippen LogP) is 3.28. The molecule has 1 aromatic heterocycles. The maximum atomic E-state index is 13.2. The van der Waals surface area contributed by atoms with Crippen LogP contribution >= 0.6 is 0 Å². The van der Waals surface area contributed by atoms with E-state index in [9.17, 15) is 9.59 Å². The summed E-state index contributed by atoms with van der Waals surface area (Å²) in [6.07, 6.45) is 1.67. The third kappa shape index (κ3) is 4.58. The van der Waals surface area contributed by atoms with E-state index in [4.69, 9.17) is 4.52 Å². The highest BCUT2D eigenvalue weighted by Crippen LogP contribution is 2.30. The molecule has 0 saturated carbocycles. The van der Waals surface area contributed by atoms with Gasteiger partial charge in [0, 0.05) is 50.9 Å². The molecule has 1 aromatic carbocycles. The van der Waals surface area contributed by atoms with E-state index in [2.05, 4.69) is 36.0 Å². The van der Waals surface area contributed by atoms with E-state index in [1.807, 2.05) is 18.7 Å². The molecule has 7 nitrogen and oxygen atoms in total. The van der Waals surface area contributed by atoms with Crippen LogP contribution in [0, 0.1) is 26.7 Å². The van der Waals surface area contributed by atoms with Crippen molar-refractivity contribution in [2.24, 2.45) is 5.92 Å². The Morgan fingerprint density at radius 2 is 1.69 bits per heavy atom. The largest absolute Gasteiger partial charge is 0.355 e. The van der Waals surface area contributed by atoms with Crippen molar-refractivity contribution in [2.45, 2.75) is 40.5 Å². The number of hydrogen-bond acceptors (Lipinski definition) is 5. The van der Waals surface area contributed by atoms with Gasteiger partial charge in [-0.3, -0.25) is 9.59 Å². The molecule has 2 amide bonds. The lowest BCUT2D eigenvalue weighted by molar-refractivity contribution is -0.138. The molecule has 1 atom stereocenters. The highest BCUT2D eigenvalue weighted by Gasteiger charge is 2.33. The summed E-state index contributed by atoms with van der Waals surface area (Å²) in [5.41, 5.74) is 4.69. The number of carbonyl (C=O) groups is 2. The first-order chi connectivity index (χ1) is 15.4. The Morgan fingerprint density at radius 1 is 1.00 bits per heavy atom. The zero-order valence-electron chi connectivity index (χ0n) is 19.7. The van der Waals surface area contributed by atoms with Crippen LogP contribution in [-0.4, -0.2) is 77.5 Å². The Morgan fingerprint density at radius 3 is 2.34 bits per heavy atom. The van der Waals surface area contributed by atoms with Crippen molar-refractivity contribution in [2.75, 3.05) is 45.8 Å². The van der Waals surface area contributed by atoms with Crippen LogP contribution in [0.5, 0.6) is 0 Å². The monoisotopic (exact) mass is 438 g/mol. The van der Waals surface area contributed by atoms with Gasteiger partial charge in [0.05, 0.1) is 5.92 Å². The number of amides is 2. The number of piperidine rings is 1. The van der Waals surface area contributed by atoms with Crippen LogP contribution in [0.1, 0.15) is 46.9 Å². The smallest absolute Gasteiger partial charge is 0.276 e. The molecule has 3 heterocycles. The van der Waals surface area contributed by atoms with E-state index in [1.54, 1.807) is 11.0 Å². The van der Waals surface area contributed by atoms with Gasteiger partial charge < -0.3 is 19.2 Å². The van der Waals surface area contributed by atoms with Gasteiger partial charge in [-0.2, -0.15) is 0 Å². The van der Waals surface area contributed by atoms with Crippen LogP contribution in [0.3, 0.4) is 0 Å². The fourth-order valence-electron chi connectivity index (χ4n) is 5.13. The molecular weight excluding hydrogens is 404 g/mol. The first-order valence-electron chi connectivity index (χ1n) is 11.7. The number of aromatic nitrogens is 1. The van der Waals surface area contributed by atoms with Gasteiger partial charge in [0.2, 0.25) is 5.91 Å². The summed E-state index contributed by atoms with van der Waals surface area (Å²) in [6.45, 7) is 13.8. The number of aryl methyl sites for hydroxylation is 3. The molecule has 0 N–H and O–H groups in total. The number of piperazine rings is 1. The zero-order chi connectivity index (χ0) is 22.8. The topological polar surface area (TPSA) is 69.9 Å². The Balaban J connectivity index is 1.44. The quantitative estimate of drug-likeness (QED) is 0.733. The summed E-state index contributed by atoms with van der Waals surface area (Å²) in [5.74, 6) is 0.510. The van der Waals surface area contributed by atoms with E-state index in [-0.39, 0.29) is 17.7 Å². The van der Waals surface area contributed by atoms with Crippen LogP contribution in [0.25, 0.3) is 11.3 Å². The number of rotatable bonds is 4. The maximum Gasteiger partial charge on any atom is 0.276 e. The van der Waals surface area contributed by atoms with Crippen molar-refractivity contribution < 1.29 is 14.1 Å². The molecule has 4 rings (SSSR count). The number of carbonyl (C=O) groups excluding carboxylic acids is 2. The Hall–Kier alpha value is -2.67. The van der Waals surface area contributed by atoms with E-state index in [1.165, 1.54) is 5.56 Å². The fraction of sp³-hybridized carbons (Fsp3) is 0.560. The van der Waals surface area contributed by atoms with Crippen molar-refractivity contribution in [3.63, 3.8) is 0 Å². The van der Waals surface area contributed by atoms with Gasteiger partial charge in [-0.25, -0.2) is 0 Å². The number of hydrogen-bond donors (Lipinski definition) is 0. The average molecular weight is 439 g/mol. The summed E-state index contributed by atoms with van der Waals surface area (Å²) < 4.78 is 5.58. The second-order valence-electron chi connectivity index (χ2n) is 9.20. The molecule has 2 aliphatic heterocycles. The van der Waals surface area contributed by atoms with E-state index in [0.717, 1.165) is 62.3 Å². The summed E-state index contributed by atoms with van der Waals surface area (Å²) in [4.78, 5) is 32.4. The Kier molecular flexibility index (Phi) is 6.65. The molecule has 2 saturated heterocycles. The summed E-state index contributed by atoms with van der Waals surface area (Å²) in [6, 6.07) is 5.95. The summed E-state index contributed by atoms with van der Waals surface area (Å²) >= 11 is 0. The highest BCUT2D eigenvalue weighted by molar-refractivity contribution is 5.94. The van der Waals surface area contributed by atoms with Crippen LogP contribution in [0.4, 0.5) is 0 Å². The van der Waals surface area contributed by atoms with Gasteiger partial charge in [-0.1, -0.05) is 29.8 Å². The fourth-order valence-corrected chi connectivity index (χ4v) is 5.13. The lowest BCUT2D eigenvalue weighted by atomic mass is 9.95. The highest BCUT2D eigenvalue weighted by atomic mass is 16.5. The number of benzene rings is 1. The third-order valence-electron chi connectivity index (χ3n) is 6.84. The van der Waals surface area contributed by atoms with Crippen LogP contribution in [0.2, 0.25) is 0 Å². The number of nitrogens with zero attached hydrogens (tertiary/aromatic N) is 4. The number of likely N-dealkylation sites (N-methyl/N-ethyl adjacent to an activating group) is 1. The van der Waals surface area contributed by atoms with Gasteiger partial charge in [-0.05, 0) is 51.3 Å². The summed E-state index contributed by atoms with van der Waals surface area (Å²) in [5, 5.41) is 4.08. The van der Waals surface area contributed by atoms with Crippen molar-refractivity contribution >= 4 is 11.8 Å². The van der Waals surface area contributed by atoms with Crippen LogP contribution in [-0.2, 0) is 4.79 Å². The van der Waals surface area contributed by atoms with Crippen molar-refractivity contribution in [3.05, 3.63) is 40.6 Å². The van der Waals surface area contributed by atoms with Gasteiger partial charge in [0.15, 0.2) is 11.5 Å². The molecule has 0 bridgehead atoms. The molecule has 0 radical (unpaired) electrons. The minimum Gasteiger partial charge on any atom is -0.355 e.